The maximum Gasteiger partial charge on any atom is 0.232 e. The van der Waals surface area contributed by atoms with Crippen LogP contribution in [-0.4, -0.2) is 52.6 Å². The van der Waals surface area contributed by atoms with Gasteiger partial charge < -0.3 is 9.64 Å². The number of carbonyl (C=O) groups excluding carboxylic acids is 1. The summed E-state index contributed by atoms with van der Waals surface area (Å²) >= 11 is 1.45. The van der Waals surface area contributed by atoms with Gasteiger partial charge in [-0.1, -0.05) is 50.2 Å². The first kappa shape index (κ1) is 18.9. The molecule has 3 rings (SSSR count). The Morgan fingerprint density at radius 3 is 2.42 bits per heavy atom. The highest BCUT2D eigenvalue weighted by atomic mass is 32.2. The van der Waals surface area contributed by atoms with Gasteiger partial charge >= 0.3 is 0 Å². The van der Waals surface area contributed by atoms with E-state index < -0.39 is 0 Å². The van der Waals surface area contributed by atoms with Gasteiger partial charge in [0.1, 0.15) is 5.78 Å². The molecule has 2 aromatic rings. The van der Waals surface area contributed by atoms with E-state index in [0.29, 0.717) is 19.0 Å². The third kappa shape index (κ3) is 4.27. The van der Waals surface area contributed by atoms with Crippen LogP contribution in [0.2, 0.25) is 0 Å². The fourth-order valence-corrected chi connectivity index (χ4v) is 3.70. The van der Waals surface area contributed by atoms with Gasteiger partial charge in [-0.3, -0.25) is 9.36 Å². The zero-order chi connectivity index (χ0) is 18.7. The minimum atomic E-state index is -0.352. The fraction of sp³-hybridized carbons (Fsp3) is 0.526. The van der Waals surface area contributed by atoms with Crippen LogP contribution in [0, 0.1) is 12.3 Å². The summed E-state index contributed by atoms with van der Waals surface area (Å²) in [5, 5.41) is 9.56. The molecule has 0 spiro atoms. The lowest BCUT2D eigenvalue weighted by Gasteiger charge is -2.28. The number of ether oxygens (including phenoxy) is 1. The van der Waals surface area contributed by atoms with Gasteiger partial charge in [-0.25, -0.2) is 0 Å². The number of carbonyl (C=O) groups is 1. The molecule has 6 nitrogen and oxygen atoms in total. The Morgan fingerprint density at radius 2 is 1.81 bits per heavy atom. The van der Waals surface area contributed by atoms with Crippen molar-refractivity contribution >= 4 is 23.5 Å². The van der Waals surface area contributed by atoms with Crippen molar-refractivity contribution in [3.8, 4) is 5.69 Å². The zero-order valence-corrected chi connectivity index (χ0v) is 16.7. The SMILES string of the molecule is Cc1ccc(-n2c(SCC(=O)C(C)(C)C)nnc2N2CCOCC2)cc1. The number of ketones is 1. The number of rotatable bonds is 5. The van der Waals surface area contributed by atoms with Gasteiger partial charge in [-0.05, 0) is 19.1 Å². The number of benzene rings is 1. The van der Waals surface area contributed by atoms with Crippen LogP contribution in [0.3, 0.4) is 0 Å². The first-order chi connectivity index (χ1) is 12.4. The van der Waals surface area contributed by atoms with E-state index in [1.54, 1.807) is 0 Å². The highest BCUT2D eigenvalue weighted by molar-refractivity contribution is 7.99. The second kappa shape index (κ2) is 7.80. The van der Waals surface area contributed by atoms with Crippen LogP contribution in [0.15, 0.2) is 29.4 Å². The summed E-state index contributed by atoms with van der Waals surface area (Å²) in [5.74, 6) is 1.40. The molecule has 26 heavy (non-hydrogen) atoms. The smallest absolute Gasteiger partial charge is 0.232 e. The molecule has 0 amide bonds. The van der Waals surface area contributed by atoms with E-state index in [1.165, 1.54) is 17.3 Å². The van der Waals surface area contributed by atoms with Crippen molar-refractivity contribution in [1.82, 2.24) is 14.8 Å². The van der Waals surface area contributed by atoms with Gasteiger partial charge in [0.05, 0.1) is 24.7 Å². The maximum atomic E-state index is 12.3. The van der Waals surface area contributed by atoms with Crippen LogP contribution < -0.4 is 4.90 Å². The average Bonchev–Trinajstić information content (AvgIpc) is 3.04. The van der Waals surface area contributed by atoms with Crippen LogP contribution in [0.1, 0.15) is 26.3 Å². The first-order valence-corrected chi connectivity index (χ1v) is 9.86. The molecule has 0 aliphatic carbocycles. The van der Waals surface area contributed by atoms with Crippen LogP contribution in [-0.2, 0) is 9.53 Å². The molecule has 0 unspecified atom stereocenters. The van der Waals surface area contributed by atoms with Crippen molar-refractivity contribution in [3.63, 3.8) is 0 Å². The largest absolute Gasteiger partial charge is 0.378 e. The summed E-state index contributed by atoms with van der Waals surface area (Å²) in [6.07, 6.45) is 0. The number of hydrogen-bond donors (Lipinski definition) is 0. The van der Waals surface area contributed by atoms with E-state index in [2.05, 4.69) is 46.3 Å². The topological polar surface area (TPSA) is 60.2 Å². The van der Waals surface area contributed by atoms with Crippen molar-refractivity contribution in [2.75, 3.05) is 37.0 Å². The second-order valence-corrected chi connectivity index (χ2v) is 8.46. The predicted molar refractivity (Wildman–Crippen MR) is 104 cm³/mol. The first-order valence-electron chi connectivity index (χ1n) is 8.87. The van der Waals surface area contributed by atoms with Crippen LogP contribution in [0.4, 0.5) is 5.95 Å². The van der Waals surface area contributed by atoms with Crippen LogP contribution >= 0.6 is 11.8 Å². The molecular weight excluding hydrogens is 348 g/mol. The van der Waals surface area contributed by atoms with Gasteiger partial charge in [0, 0.05) is 18.5 Å². The molecule has 0 radical (unpaired) electrons. The van der Waals surface area contributed by atoms with Crippen molar-refractivity contribution in [1.29, 1.82) is 0 Å². The number of anilines is 1. The normalized spacial score (nSPS) is 15.3. The van der Waals surface area contributed by atoms with Gasteiger partial charge in [0.2, 0.25) is 5.95 Å². The van der Waals surface area contributed by atoms with Gasteiger partial charge in [-0.15, -0.1) is 10.2 Å². The van der Waals surface area contributed by atoms with E-state index >= 15 is 0 Å². The number of aryl methyl sites for hydroxylation is 1. The third-order valence-corrected chi connectivity index (χ3v) is 5.30. The highest BCUT2D eigenvalue weighted by Gasteiger charge is 2.25. The van der Waals surface area contributed by atoms with E-state index in [0.717, 1.165) is 29.9 Å². The molecule has 1 saturated heterocycles. The number of thioether (sulfide) groups is 1. The molecule has 7 heteroatoms. The number of nitrogens with zero attached hydrogens (tertiary/aromatic N) is 4. The molecule has 140 valence electrons. The molecule has 2 heterocycles. The summed E-state index contributed by atoms with van der Waals surface area (Å²) in [4.78, 5) is 14.5. The molecule has 1 aromatic heterocycles. The predicted octanol–water partition coefficient (Wildman–Crippen LogP) is 3.12. The Labute approximate surface area is 158 Å². The maximum absolute atomic E-state index is 12.3. The molecule has 0 N–H and O–H groups in total. The lowest BCUT2D eigenvalue weighted by molar-refractivity contribution is -0.123. The van der Waals surface area contributed by atoms with E-state index in [9.17, 15) is 4.79 Å². The number of aromatic nitrogens is 3. The molecular formula is C19H26N4O2S. The molecule has 1 aliphatic rings. The molecule has 0 bridgehead atoms. The van der Waals surface area contributed by atoms with Gasteiger partial charge in [-0.2, -0.15) is 0 Å². The summed E-state index contributed by atoms with van der Waals surface area (Å²) in [7, 11) is 0. The Morgan fingerprint density at radius 1 is 1.15 bits per heavy atom. The van der Waals surface area contributed by atoms with E-state index in [4.69, 9.17) is 4.74 Å². The Balaban J connectivity index is 1.92. The number of Topliss-reactive ketones (excluding diaryl/α,β-unsaturated/α-hetero) is 1. The molecule has 1 aromatic carbocycles. The summed E-state index contributed by atoms with van der Waals surface area (Å²) in [6.45, 7) is 10.8. The molecule has 0 atom stereocenters. The van der Waals surface area contributed by atoms with Crippen LogP contribution in [0.25, 0.3) is 5.69 Å². The number of hydrogen-bond acceptors (Lipinski definition) is 6. The summed E-state index contributed by atoms with van der Waals surface area (Å²) < 4.78 is 7.50. The lowest BCUT2D eigenvalue weighted by Crippen LogP contribution is -2.37. The lowest BCUT2D eigenvalue weighted by atomic mass is 9.92. The van der Waals surface area contributed by atoms with Crippen molar-refractivity contribution in [3.05, 3.63) is 29.8 Å². The standard InChI is InChI=1S/C19H26N4O2S/c1-14-5-7-15(8-6-14)23-17(22-9-11-25-12-10-22)20-21-18(23)26-13-16(24)19(2,3)4/h5-8H,9-13H2,1-4H3. The summed E-state index contributed by atoms with van der Waals surface area (Å²) in [5.41, 5.74) is 1.86. The second-order valence-electron chi connectivity index (χ2n) is 7.51. The monoisotopic (exact) mass is 374 g/mol. The van der Waals surface area contributed by atoms with Gasteiger partial charge in [0.15, 0.2) is 5.16 Å². The van der Waals surface area contributed by atoms with Crippen molar-refractivity contribution in [2.24, 2.45) is 5.41 Å². The third-order valence-electron chi connectivity index (χ3n) is 4.37. The zero-order valence-electron chi connectivity index (χ0n) is 15.9. The molecule has 1 fully saturated rings. The van der Waals surface area contributed by atoms with Crippen molar-refractivity contribution < 1.29 is 9.53 Å². The highest BCUT2D eigenvalue weighted by Crippen LogP contribution is 2.29. The molecule has 0 saturated carbocycles. The number of morpholine rings is 1. The Bertz CT molecular complexity index is 759. The van der Waals surface area contributed by atoms with Crippen LogP contribution in [0.5, 0.6) is 0 Å². The van der Waals surface area contributed by atoms with E-state index in [-0.39, 0.29) is 11.2 Å². The minimum absolute atomic E-state index is 0.203. The van der Waals surface area contributed by atoms with Gasteiger partial charge in [0.25, 0.3) is 0 Å². The summed E-state index contributed by atoms with van der Waals surface area (Å²) in [6, 6.07) is 8.29. The average molecular weight is 375 g/mol. The molecule has 1 aliphatic heterocycles. The minimum Gasteiger partial charge on any atom is -0.378 e. The van der Waals surface area contributed by atoms with Crippen molar-refractivity contribution in [2.45, 2.75) is 32.9 Å². The fourth-order valence-electron chi connectivity index (χ4n) is 2.59. The van der Waals surface area contributed by atoms with E-state index in [1.807, 2.05) is 25.3 Å². The quantitative estimate of drug-likeness (QED) is 0.750. The Kier molecular flexibility index (Phi) is 5.67. The Hall–Kier alpha value is -1.86.